The van der Waals surface area contributed by atoms with Gasteiger partial charge in [-0.1, -0.05) is 13.3 Å². The average molecular weight is 392 g/mol. The van der Waals surface area contributed by atoms with E-state index in [1.165, 1.54) is 18.4 Å². The number of carbonyl (C=O) groups excluding carboxylic acids is 1. The second-order valence-corrected chi connectivity index (χ2v) is 7.08. The van der Waals surface area contributed by atoms with Crippen LogP contribution in [0, 0.1) is 11.3 Å². The molecule has 0 saturated carbocycles. The van der Waals surface area contributed by atoms with Gasteiger partial charge in [0.05, 0.1) is 47.0 Å². The molecule has 7 heteroatoms. The molecule has 0 radical (unpaired) electrons. The van der Waals surface area contributed by atoms with Crippen LogP contribution in [0.1, 0.15) is 31.7 Å². The standard InChI is InChI=1S/C21H20N4O2S/c1-3-4-5-21(26)24-16-9-20(28-13-16)18-12-23-11-17(25-18)14-6-7-19(27-2)15(8-14)10-22/h6-9,11-13H,3-5H2,1-2H3,(H,24,26). The van der Waals surface area contributed by atoms with E-state index in [-0.39, 0.29) is 5.91 Å². The second-order valence-electron chi connectivity index (χ2n) is 6.17. The Morgan fingerprint density at radius 2 is 2.11 bits per heavy atom. The molecule has 2 heterocycles. The van der Waals surface area contributed by atoms with Gasteiger partial charge in [0.1, 0.15) is 11.8 Å². The van der Waals surface area contributed by atoms with Crippen LogP contribution in [0.25, 0.3) is 21.8 Å². The van der Waals surface area contributed by atoms with Gasteiger partial charge in [-0.05, 0) is 30.7 Å². The molecule has 0 spiro atoms. The first-order chi connectivity index (χ1) is 13.6. The summed E-state index contributed by atoms with van der Waals surface area (Å²) in [6, 6.07) is 9.36. The summed E-state index contributed by atoms with van der Waals surface area (Å²) in [5.74, 6) is 0.547. The van der Waals surface area contributed by atoms with Crippen LogP contribution in [-0.4, -0.2) is 23.0 Å². The van der Waals surface area contributed by atoms with Crippen LogP contribution < -0.4 is 10.1 Å². The number of hydrogen-bond donors (Lipinski definition) is 1. The van der Waals surface area contributed by atoms with Crippen molar-refractivity contribution < 1.29 is 9.53 Å². The maximum Gasteiger partial charge on any atom is 0.224 e. The van der Waals surface area contributed by atoms with Gasteiger partial charge in [-0.2, -0.15) is 5.26 Å². The third-order valence-corrected chi connectivity index (χ3v) is 5.10. The van der Waals surface area contributed by atoms with Crippen molar-refractivity contribution in [2.75, 3.05) is 12.4 Å². The minimum absolute atomic E-state index is 0.0216. The summed E-state index contributed by atoms with van der Waals surface area (Å²) < 4.78 is 5.19. The molecule has 2 aromatic heterocycles. The van der Waals surface area contributed by atoms with E-state index in [9.17, 15) is 10.1 Å². The predicted octanol–water partition coefficient (Wildman–Crippen LogP) is 4.88. The minimum Gasteiger partial charge on any atom is -0.495 e. The molecule has 3 aromatic rings. The zero-order chi connectivity index (χ0) is 19.9. The lowest BCUT2D eigenvalue weighted by Gasteiger charge is -2.06. The molecule has 6 nitrogen and oxygen atoms in total. The molecular formula is C21H20N4O2S. The van der Waals surface area contributed by atoms with E-state index in [0.717, 1.165) is 29.0 Å². The number of rotatable bonds is 7. The van der Waals surface area contributed by atoms with Crippen molar-refractivity contribution in [2.24, 2.45) is 0 Å². The minimum atomic E-state index is 0.0216. The van der Waals surface area contributed by atoms with Gasteiger partial charge in [0, 0.05) is 17.4 Å². The lowest BCUT2D eigenvalue weighted by atomic mass is 10.1. The molecule has 0 aliphatic rings. The Balaban J connectivity index is 1.83. The summed E-state index contributed by atoms with van der Waals surface area (Å²) in [4.78, 5) is 21.8. The van der Waals surface area contributed by atoms with Crippen molar-refractivity contribution >= 4 is 22.9 Å². The Bertz CT molecular complexity index is 1020. The number of anilines is 1. The van der Waals surface area contributed by atoms with Crippen LogP contribution >= 0.6 is 11.3 Å². The number of methoxy groups -OCH3 is 1. The number of ether oxygens (including phenoxy) is 1. The molecule has 28 heavy (non-hydrogen) atoms. The van der Waals surface area contributed by atoms with Gasteiger partial charge in [0.25, 0.3) is 0 Å². The number of benzene rings is 1. The first-order valence-electron chi connectivity index (χ1n) is 8.94. The lowest BCUT2D eigenvalue weighted by Crippen LogP contribution is -2.09. The molecule has 1 amide bonds. The van der Waals surface area contributed by atoms with E-state index in [0.29, 0.717) is 29.1 Å². The summed E-state index contributed by atoms with van der Waals surface area (Å²) in [7, 11) is 1.53. The molecule has 0 unspecified atom stereocenters. The highest BCUT2D eigenvalue weighted by molar-refractivity contribution is 7.14. The maximum atomic E-state index is 11.9. The second kappa shape index (κ2) is 9.11. The molecule has 0 bridgehead atoms. The van der Waals surface area contributed by atoms with Crippen LogP contribution in [0.2, 0.25) is 0 Å². The third kappa shape index (κ3) is 4.53. The Hall–Kier alpha value is -3.24. The van der Waals surface area contributed by atoms with Gasteiger partial charge in [-0.15, -0.1) is 11.3 Å². The number of nitrogens with one attached hydrogen (secondary N) is 1. The van der Waals surface area contributed by atoms with Gasteiger partial charge < -0.3 is 10.1 Å². The molecule has 142 valence electrons. The Morgan fingerprint density at radius 1 is 1.29 bits per heavy atom. The molecule has 0 aliphatic heterocycles. The van der Waals surface area contributed by atoms with Crippen molar-refractivity contribution in [2.45, 2.75) is 26.2 Å². The van der Waals surface area contributed by atoms with Gasteiger partial charge >= 0.3 is 0 Å². The molecule has 0 aliphatic carbocycles. The first kappa shape index (κ1) is 19.5. The lowest BCUT2D eigenvalue weighted by molar-refractivity contribution is -0.116. The van der Waals surface area contributed by atoms with E-state index >= 15 is 0 Å². The van der Waals surface area contributed by atoms with Crippen molar-refractivity contribution in [3.05, 3.63) is 47.6 Å². The van der Waals surface area contributed by atoms with Crippen molar-refractivity contribution in [1.82, 2.24) is 9.97 Å². The van der Waals surface area contributed by atoms with E-state index < -0.39 is 0 Å². The number of hydrogen-bond acceptors (Lipinski definition) is 6. The monoisotopic (exact) mass is 392 g/mol. The SMILES string of the molecule is CCCCC(=O)Nc1csc(-c2cncc(-c3ccc(OC)c(C#N)c3)n2)c1. The highest BCUT2D eigenvalue weighted by Gasteiger charge is 2.11. The van der Waals surface area contributed by atoms with Crippen molar-refractivity contribution in [1.29, 1.82) is 5.26 Å². The summed E-state index contributed by atoms with van der Waals surface area (Å²) in [5.41, 5.74) is 3.38. The molecule has 3 rings (SSSR count). The smallest absolute Gasteiger partial charge is 0.224 e. The maximum absolute atomic E-state index is 11.9. The first-order valence-corrected chi connectivity index (χ1v) is 9.82. The number of unbranched alkanes of at least 4 members (excludes halogenated alkanes) is 1. The number of nitriles is 1. The fourth-order valence-electron chi connectivity index (χ4n) is 2.68. The van der Waals surface area contributed by atoms with Crippen LogP contribution in [-0.2, 0) is 4.79 Å². The van der Waals surface area contributed by atoms with Crippen LogP contribution in [0.15, 0.2) is 42.0 Å². The fraction of sp³-hybridized carbons (Fsp3) is 0.238. The largest absolute Gasteiger partial charge is 0.495 e. The van der Waals surface area contributed by atoms with Crippen molar-refractivity contribution in [3.63, 3.8) is 0 Å². The van der Waals surface area contributed by atoms with Crippen molar-refractivity contribution in [3.8, 4) is 33.6 Å². The predicted molar refractivity (Wildman–Crippen MR) is 110 cm³/mol. The highest BCUT2D eigenvalue weighted by Crippen LogP contribution is 2.30. The topological polar surface area (TPSA) is 87.9 Å². The number of nitrogens with zero attached hydrogens (tertiary/aromatic N) is 3. The molecule has 0 fully saturated rings. The highest BCUT2D eigenvalue weighted by atomic mass is 32.1. The number of thiophene rings is 1. The number of aromatic nitrogens is 2. The normalized spacial score (nSPS) is 10.3. The zero-order valence-corrected chi connectivity index (χ0v) is 16.5. The van der Waals surface area contributed by atoms with Gasteiger partial charge in [0.15, 0.2) is 0 Å². The average Bonchev–Trinajstić information content (AvgIpc) is 3.20. The quantitative estimate of drug-likeness (QED) is 0.619. The van der Waals surface area contributed by atoms with Gasteiger partial charge in [0.2, 0.25) is 5.91 Å². The van der Waals surface area contributed by atoms with E-state index in [4.69, 9.17) is 4.74 Å². The number of carbonyl (C=O) groups is 1. The fourth-order valence-corrected chi connectivity index (χ4v) is 3.47. The van der Waals surface area contributed by atoms with E-state index in [1.54, 1.807) is 24.5 Å². The molecule has 0 saturated heterocycles. The van der Waals surface area contributed by atoms with Gasteiger partial charge in [-0.3, -0.25) is 9.78 Å². The molecular weight excluding hydrogens is 372 g/mol. The molecule has 1 N–H and O–H groups in total. The van der Waals surface area contributed by atoms with E-state index in [2.05, 4.69) is 28.3 Å². The Morgan fingerprint density at radius 3 is 2.86 bits per heavy atom. The Labute approximate surface area is 167 Å². The summed E-state index contributed by atoms with van der Waals surface area (Å²) >= 11 is 1.50. The zero-order valence-electron chi connectivity index (χ0n) is 15.7. The van der Waals surface area contributed by atoms with Crippen LogP contribution in [0.4, 0.5) is 5.69 Å². The van der Waals surface area contributed by atoms with Crippen LogP contribution in [0.3, 0.4) is 0 Å². The molecule has 0 atom stereocenters. The summed E-state index contributed by atoms with van der Waals surface area (Å²) in [6.07, 6.45) is 5.74. The van der Waals surface area contributed by atoms with Gasteiger partial charge in [-0.25, -0.2) is 4.98 Å². The van der Waals surface area contributed by atoms with Crippen LogP contribution in [0.5, 0.6) is 5.75 Å². The number of amides is 1. The summed E-state index contributed by atoms with van der Waals surface area (Å²) in [5, 5.41) is 14.1. The Kier molecular flexibility index (Phi) is 6.35. The third-order valence-electron chi connectivity index (χ3n) is 4.14. The molecule has 1 aromatic carbocycles. The van der Waals surface area contributed by atoms with E-state index in [1.807, 2.05) is 17.5 Å². The summed E-state index contributed by atoms with van der Waals surface area (Å²) in [6.45, 7) is 2.06.